The lowest BCUT2D eigenvalue weighted by Crippen LogP contribution is -2.40. The minimum absolute atomic E-state index is 0.142. The van der Waals surface area contributed by atoms with Crippen LogP contribution in [0.15, 0.2) is 48.5 Å². The van der Waals surface area contributed by atoms with Gasteiger partial charge in [0.1, 0.15) is 6.61 Å². The molecular formula is C19H18N2O4. The minimum Gasteiger partial charge on any atom is -0.485 e. The second-order valence-corrected chi connectivity index (χ2v) is 6.05. The Morgan fingerprint density at radius 2 is 1.84 bits per heavy atom. The molecule has 2 aromatic rings. The fourth-order valence-electron chi connectivity index (χ4n) is 3.02. The Kier molecular flexibility index (Phi) is 4.01. The second-order valence-electron chi connectivity index (χ2n) is 6.05. The number of nitrogens with zero attached hydrogens (tertiary/aromatic N) is 1. The summed E-state index contributed by atoms with van der Waals surface area (Å²) in [6.07, 6.45) is 0.784. The number of anilines is 2. The topological polar surface area (TPSA) is 67.9 Å². The Morgan fingerprint density at radius 1 is 1.08 bits per heavy atom. The summed E-state index contributed by atoms with van der Waals surface area (Å²) < 4.78 is 11.3. The smallest absolute Gasteiger partial charge is 0.269 e. The highest BCUT2D eigenvalue weighted by Crippen LogP contribution is 2.31. The lowest BCUT2D eigenvalue weighted by molar-refractivity contribution is -0.125. The van der Waals surface area contributed by atoms with E-state index < -0.39 is 6.10 Å². The molecule has 0 aliphatic carbocycles. The Morgan fingerprint density at radius 3 is 2.56 bits per heavy atom. The number of hydrogen-bond donors (Lipinski definition) is 1. The van der Waals surface area contributed by atoms with Gasteiger partial charge in [-0.05, 0) is 42.8 Å². The molecule has 0 spiro atoms. The van der Waals surface area contributed by atoms with E-state index in [-0.39, 0.29) is 18.4 Å². The molecule has 2 aliphatic heterocycles. The average molecular weight is 338 g/mol. The molecule has 1 atom stereocenters. The molecular weight excluding hydrogens is 320 g/mol. The first-order chi connectivity index (χ1) is 12.2. The van der Waals surface area contributed by atoms with Gasteiger partial charge in [-0.3, -0.25) is 9.59 Å². The molecule has 25 heavy (non-hydrogen) atoms. The summed E-state index contributed by atoms with van der Waals surface area (Å²) in [4.78, 5) is 25.9. The third kappa shape index (κ3) is 3.15. The van der Waals surface area contributed by atoms with Crippen LogP contribution in [-0.4, -0.2) is 31.1 Å². The molecule has 4 rings (SSSR count). The van der Waals surface area contributed by atoms with Gasteiger partial charge >= 0.3 is 0 Å². The van der Waals surface area contributed by atoms with Crippen molar-refractivity contribution in [2.24, 2.45) is 0 Å². The van der Waals surface area contributed by atoms with Gasteiger partial charge in [0.05, 0.1) is 0 Å². The zero-order valence-electron chi connectivity index (χ0n) is 13.6. The van der Waals surface area contributed by atoms with E-state index in [2.05, 4.69) is 5.32 Å². The summed E-state index contributed by atoms with van der Waals surface area (Å²) in [5.74, 6) is 1.09. The Labute approximate surface area is 145 Å². The zero-order valence-corrected chi connectivity index (χ0v) is 13.6. The van der Waals surface area contributed by atoms with E-state index >= 15 is 0 Å². The van der Waals surface area contributed by atoms with Crippen molar-refractivity contribution in [2.45, 2.75) is 18.9 Å². The first-order valence-electron chi connectivity index (χ1n) is 8.30. The third-order valence-electron chi connectivity index (χ3n) is 4.32. The monoisotopic (exact) mass is 338 g/mol. The molecule has 2 aliphatic rings. The number of rotatable bonds is 3. The standard InChI is InChI=1S/C19H18N2O4/c22-18-6-3-11-21(18)14-9-7-13(8-10-14)20-19(23)17-12-24-15-4-1-2-5-16(15)25-17/h1-2,4-5,7-10,17H,3,6,11-12H2,(H,20,23)/t17-/m0/s1. The predicted octanol–water partition coefficient (Wildman–Crippen LogP) is 2.59. The molecule has 0 bridgehead atoms. The molecule has 0 radical (unpaired) electrons. The van der Waals surface area contributed by atoms with E-state index in [1.807, 2.05) is 30.3 Å². The maximum absolute atomic E-state index is 12.4. The van der Waals surface area contributed by atoms with Crippen LogP contribution < -0.4 is 19.7 Å². The Bertz CT molecular complexity index is 803. The summed E-state index contributed by atoms with van der Waals surface area (Å²) in [5.41, 5.74) is 1.51. The van der Waals surface area contributed by atoms with Crippen LogP contribution in [-0.2, 0) is 9.59 Å². The molecule has 0 aromatic heterocycles. The van der Waals surface area contributed by atoms with Crippen LogP contribution in [0.4, 0.5) is 11.4 Å². The third-order valence-corrected chi connectivity index (χ3v) is 4.32. The van der Waals surface area contributed by atoms with Gasteiger partial charge < -0.3 is 19.7 Å². The fraction of sp³-hybridized carbons (Fsp3) is 0.263. The van der Waals surface area contributed by atoms with E-state index in [9.17, 15) is 9.59 Å². The van der Waals surface area contributed by atoms with Gasteiger partial charge in [0.25, 0.3) is 5.91 Å². The van der Waals surface area contributed by atoms with Crippen molar-refractivity contribution in [3.05, 3.63) is 48.5 Å². The van der Waals surface area contributed by atoms with Crippen molar-refractivity contribution < 1.29 is 19.1 Å². The van der Waals surface area contributed by atoms with Crippen LogP contribution in [0.2, 0.25) is 0 Å². The van der Waals surface area contributed by atoms with E-state index in [1.54, 1.807) is 23.1 Å². The average Bonchev–Trinajstić information content (AvgIpc) is 3.08. The molecule has 2 amide bonds. The highest BCUT2D eigenvalue weighted by atomic mass is 16.6. The lowest BCUT2D eigenvalue weighted by atomic mass is 10.2. The molecule has 0 unspecified atom stereocenters. The number of amides is 2. The van der Waals surface area contributed by atoms with Crippen molar-refractivity contribution in [1.29, 1.82) is 0 Å². The van der Waals surface area contributed by atoms with Crippen LogP contribution >= 0.6 is 0 Å². The van der Waals surface area contributed by atoms with Crippen LogP contribution in [0.3, 0.4) is 0 Å². The van der Waals surface area contributed by atoms with Gasteiger partial charge in [0.15, 0.2) is 11.5 Å². The molecule has 6 heteroatoms. The molecule has 1 N–H and O–H groups in total. The highest BCUT2D eigenvalue weighted by molar-refractivity contribution is 5.97. The van der Waals surface area contributed by atoms with Gasteiger partial charge in [-0.1, -0.05) is 12.1 Å². The number of ether oxygens (including phenoxy) is 2. The van der Waals surface area contributed by atoms with Crippen LogP contribution in [0.5, 0.6) is 11.5 Å². The molecule has 2 heterocycles. The summed E-state index contributed by atoms with van der Waals surface area (Å²) in [5, 5.41) is 2.82. The van der Waals surface area contributed by atoms with Crippen molar-refractivity contribution in [1.82, 2.24) is 0 Å². The summed E-state index contributed by atoms with van der Waals surface area (Å²) in [6.45, 7) is 0.917. The SMILES string of the molecule is O=C(Nc1ccc(N2CCCC2=O)cc1)[C@@H]1COc2ccccc2O1. The van der Waals surface area contributed by atoms with Gasteiger partial charge in [-0.25, -0.2) is 0 Å². The number of benzene rings is 2. The molecule has 1 fully saturated rings. The van der Waals surface area contributed by atoms with E-state index in [4.69, 9.17) is 9.47 Å². The van der Waals surface area contributed by atoms with Crippen molar-refractivity contribution >= 4 is 23.2 Å². The minimum atomic E-state index is -0.699. The number of hydrogen-bond acceptors (Lipinski definition) is 4. The van der Waals surface area contributed by atoms with Gasteiger partial charge in [0, 0.05) is 24.3 Å². The largest absolute Gasteiger partial charge is 0.485 e. The molecule has 1 saturated heterocycles. The fourth-order valence-corrected chi connectivity index (χ4v) is 3.02. The van der Waals surface area contributed by atoms with Crippen LogP contribution in [0.25, 0.3) is 0 Å². The predicted molar refractivity (Wildman–Crippen MR) is 93.0 cm³/mol. The Balaban J connectivity index is 1.40. The maximum Gasteiger partial charge on any atom is 0.269 e. The Hall–Kier alpha value is -3.02. The molecule has 0 saturated carbocycles. The summed E-state index contributed by atoms with van der Waals surface area (Å²) in [7, 11) is 0. The first-order valence-corrected chi connectivity index (χ1v) is 8.30. The lowest BCUT2D eigenvalue weighted by Gasteiger charge is -2.25. The normalized spacial score (nSPS) is 19.0. The van der Waals surface area contributed by atoms with E-state index in [0.29, 0.717) is 23.6 Å². The van der Waals surface area contributed by atoms with Gasteiger partial charge in [-0.2, -0.15) is 0 Å². The van der Waals surface area contributed by atoms with Crippen molar-refractivity contribution in [3.63, 3.8) is 0 Å². The van der Waals surface area contributed by atoms with Crippen LogP contribution in [0.1, 0.15) is 12.8 Å². The summed E-state index contributed by atoms with van der Waals surface area (Å²) >= 11 is 0. The van der Waals surface area contributed by atoms with Crippen molar-refractivity contribution in [2.75, 3.05) is 23.4 Å². The van der Waals surface area contributed by atoms with Crippen LogP contribution in [0, 0.1) is 0 Å². The zero-order chi connectivity index (χ0) is 17.2. The number of carbonyl (C=O) groups is 2. The molecule has 128 valence electrons. The van der Waals surface area contributed by atoms with E-state index in [1.165, 1.54) is 0 Å². The molecule has 2 aromatic carbocycles. The van der Waals surface area contributed by atoms with Gasteiger partial charge in [-0.15, -0.1) is 0 Å². The summed E-state index contributed by atoms with van der Waals surface area (Å²) in [6, 6.07) is 14.5. The maximum atomic E-state index is 12.4. The van der Waals surface area contributed by atoms with Gasteiger partial charge in [0.2, 0.25) is 12.0 Å². The quantitative estimate of drug-likeness (QED) is 0.934. The van der Waals surface area contributed by atoms with E-state index in [0.717, 1.165) is 18.7 Å². The second kappa shape index (κ2) is 6.47. The number of fused-ring (bicyclic) bond motifs is 1. The van der Waals surface area contributed by atoms with Crippen molar-refractivity contribution in [3.8, 4) is 11.5 Å². The first kappa shape index (κ1) is 15.5. The molecule has 6 nitrogen and oxygen atoms in total. The number of nitrogens with one attached hydrogen (secondary N) is 1. The highest BCUT2D eigenvalue weighted by Gasteiger charge is 2.27. The number of carbonyl (C=O) groups excluding carboxylic acids is 2. The number of para-hydroxylation sites is 2.